The van der Waals surface area contributed by atoms with E-state index < -0.39 is 0 Å². The summed E-state index contributed by atoms with van der Waals surface area (Å²) in [5, 5.41) is 3.95. The zero-order valence-electron chi connectivity index (χ0n) is 33.1. The maximum Gasteiger partial charge on any atom is 0.0707 e. The molecule has 0 fully saturated rings. The molecule has 0 spiro atoms. The molecule has 0 saturated heterocycles. The van der Waals surface area contributed by atoms with Gasteiger partial charge in [-0.2, -0.15) is 0 Å². The van der Waals surface area contributed by atoms with E-state index in [1.165, 1.54) is 72.7 Å². The smallest absolute Gasteiger partial charge is 0.0707 e. The van der Waals surface area contributed by atoms with E-state index in [9.17, 15) is 0 Å². The molecule has 5 aromatic carbocycles. The molecule has 0 radical (unpaired) electrons. The maximum absolute atomic E-state index is 3.95. The lowest BCUT2D eigenvalue weighted by Crippen LogP contribution is -2.28. The zero-order chi connectivity index (χ0) is 38.5. The normalized spacial score (nSPS) is 24.0. The summed E-state index contributed by atoms with van der Waals surface area (Å²) < 4.78 is 0. The van der Waals surface area contributed by atoms with E-state index >= 15 is 0 Å². The van der Waals surface area contributed by atoms with Gasteiger partial charge in [0.1, 0.15) is 0 Å². The van der Waals surface area contributed by atoms with Crippen molar-refractivity contribution in [2.75, 3.05) is 4.90 Å². The highest BCUT2D eigenvalue weighted by Crippen LogP contribution is 2.61. The van der Waals surface area contributed by atoms with Crippen LogP contribution >= 0.6 is 0 Å². The van der Waals surface area contributed by atoms with Gasteiger partial charge in [0.05, 0.1) is 11.7 Å². The lowest BCUT2D eigenvalue weighted by Gasteiger charge is -2.41. The summed E-state index contributed by atoms with van der Waals surface area (Å²) in [6, 6.07) is 45.2. The van der Waals surface area contributed by atoms with Crippen LogP contribution in [0.25, 0.3) is 22.4 Å². The van der Waals surface area contributed by atoms with Gasteiger partial charge >= 0.3 is 0 Å². The highest BCUT2D eigenvalue weighted by Gasteiger charge is 2.45. The fourth-order valence-electron chi connectivity index (χ4n) is 11.3. The van der Waals surface area contributed by atoms with Crippen molar-refractivity contribution in [2.45, 2.75) is 50.5 Å². The lowest BCUT2D eigenvalue weighted by molar-refractivity contribution is 0.570. The molecule has 7 aliphatic rings. The molecule has 5 aromatic rings. The highest BCUT2D eigenvalue weighted by atomic mass is 15.2. The molecule has 0 saturated carbocycles. The first-order valence-corrected chi connectivity index (χ1v) is 21.2. The third-order valence-corrected chi connectivity index (χ3v) is 14.1. The minimum absolute atomic E-state index is 0.0560. The van der Waals surface area contributed by atoms with Gasteiger partial charge < -0.3 is 10.2 Å². The standard InChI is InChI=1S/C56H46N2/c1-56(2)50-27-14-13-26-44(50)47-32-49-48-31-45-42-24-11-9-22-40(42)41-23-10-12-25-43(41)46(45)33-54(48)58(55(49)34-51(47)56)39-21-15-20-37(28-39)53-30-38(35-16-5-3-6-17-35)29-52(57-53)36-18-7-4-8-19-36/h3-10,12-23,25-30,32-34,41,43,48,52,57H,11,24,31H2,1-2H3. The Labute approximate surface area is 342 Å². The van der Waals surface area contributed by atoms with Crippen LogP contribution in [0.1, 0.15) is 78.5 Å². The fraction of sp³-hybridized carbons (Fsp3) is 0.179. The highest BCUT2D eigenvalue weighted by molar-refractivity contribution is 5.91. The predicted molar refractivity (Wildman–Crippen MR) is 240 cm³/mol. The van der Waals surface area contributed by atoms with Crippen molar-refractivity contribution in [3.8, 4) is 11.1 Å². The summed E-state index contributed by atoms with van der Waals surface area (Å²) in [6.07, 6.45) is 24.9. The van der Waals surface area contributed by atoms with Gasteiger partial charge in [-0.25, -0.2) is 0 Å². The minimum Gasteiger partial charge on any atom is -0.374 e. The van der Waals surface area contributed by atoms with E-state index in [1.807, 2.05) is 0 Å². The van der Waals surface area contributed by atoms with Crippen LogP contribution in [0, 0.1) is 11.8 Å². The van der Waals surface area contributed by atoms with Crippen molar-refractivity contribution in [3.05, 3.63) is 237 Å². The van der Waals surface area contributed by atoms with E-state index in [0.29, 0.717) is 11.8 Å². The Morgan fingerprint density at radius 2 is 1.43 bits per heavy atom. The molecule has 0 aromatic heterocycles. The molecule has 1 N–H and O–H groups in total. The zero-order valence-corrected chi connectivity index (χ0v) is 33.1. The van der Waals surface area contributed by atoms with Gasteiger partial charge in [-0.1, -0.05) is 147 Å². The Morgan fingerprint density at radius 3 is 2.28 bits per heavy atom. The second kappa shape index (κ2) is 12.8. The van der Waals surface area contributed by atoms with Crippen LogP contribution in [0.2, 0.25) is 0 Å². The molecule has 0 amide bonds. The largest absolute Gasteiger partial charge is 0.374 e. The van der Waals surface area contributed by atoms with Crippen molar-refractivity contribution >= 4 is 22.6 Å². The first-order valence-electron chi connectivity index (χ1n) is 21.2. The van der Waals surface area contributed by atoms with Crippen LogP contribution < -0.4 is 10.2 Å². The van der Waals surface area contributed by atoms with Crippen molar-refractivity contribution in [2.24, 2.45) is 11.8 Å². The molecule has 280 valence electrons. The number of nitrogens with one attached hydrogen (secondary N) is 1. The van der Waals surface area contributed by atoms with E-state index in [4.69, 9.17) is 0 Å². The minimum atomic E-state index is -0.0852. The summed E-state index contributed by atoms with van der Waals surface area (Å²) >= 11 is 0. The number of fused-ring (bicyclic) bond motifs is 10. The van der Waals surface area contributed by atoms with E-state index in [1.54, 1.807) is 16.7 Å². The van der Waals surface area contributed by atoms with Crippen LogP contribution in [0.4, 0.5) is 11.4 Å². The average Bonchev–Trinajstić information content (AvgIpc) is 3.72. The second-order valence-electron chi connectivity index (χ2n) is 17.5. The maximum atomic E-state index is 3.95. The Balaban J connectivity index is 1.03. The van der Waals surface area contributed by atoms with Gasteiger partial charge in [-0.05, 0) is 134 Å². The van der Waals surface area contributed by atoms with Gasteiger partial charge in [-0.15, -0.1) is 0 Å². The van der Waals surface area contributed by atoms with Gasteiger partial charge in [-0.3, -0.25) is 0 Å². The average molecular weight is 747 g/mol. The number of hydrogen-bond acceptors (Lipinski definition) is 2. The topological polar surface area (TPSA) is 15.3 Å². The lowest BCUT2D eigenvalue weighted by atomic mass is 9.64. The number of benzene rings is 5. The molecule has 2 heteroatoms. The molecule has 2 heterocycles. The van der Waals surface area contributed by atoms with Crippen LogP contribution in [0.15, 0.2) is 204 Å². The van der Waals surface area contributed by atoms with Gasteiger partial charge in [0.2, 0.25) is 0 Å². The van der Waals surface area contributed by atoms with Crippen molar-refractivity contribution < 1.29 is 0 Å². The number of allylic oxidation sites excluding steroid dienone is 14. The summed E-state index contributed by atoms with van der Waals surface area (Å²) in [7, 11) is 0. The molecule has 2 aliphatic heterocycles. The van der Waals surface area contributed by atoms with E-state index in [-0.39, 0.29) is 17.4 Å². The third-order valence-electron chi connectivity index (χ3n) is 14.1. The SMILES string of the molecule is CC1(C)c2ccccc2-c2cc3c(cc21)N(c1cccc(C2=CC(c4ccccc4)=CC(c4ccccc4)N2)c1)C1=CC2=C(CC13)C1=C(C=CCC1)C1C=CC=CC21. The Morgan fingerprint density at radius 1 is 0.672 bits per heavy atom. The van der Waals surface area contributed by atoms with Crippen molar-refractivity contribution in [3.63, 3.8) is 0 Å². The molecule has 2 nitrogen and oxygen atoms in total. The number of nitrogens with zero attached hydrogens (tertiary/aromatic N) is 1. The summed E-state index contributed by atoms with van der Waals surface area (Å²) in [5.74, 6) is 1.04. The van der Waals surface area contributed by atoms with Crippen molar-refractivity contribution in [1.82, 2.24) is 5.32 Å². The number of dihydropyridines is 1. The third kappa shape index (κ3) is 5.04. The van der Waals surface area contributed by atoms with Gasteiger partial charge in [0.25, 0.3) is 0 Å². The molecule has 5 aliphatic carbocycles. The first kappa shape index (κ1) is 33.7. The summed E-state index contributed by atoms with van der Waals surface area (Å²) in [4.78, 5) is 2.64. The van der Waals surface area contributed by atoms with Gasteiger partial charge in [0.15, 0.2) is 0 Å². The van der Waals surface area contributed by atoms with Crippen LogP contribution in [-0.2, 0) is 5.41 Å². The Kier molecular flexibility index (Phi) is 7.45. The van der Waals surface area contributed by atoms with E-state index in [0.717, 1.165) is 25.0 Å². The van der Waals surface area contributed by atoms with E-state index in [2.05, 4.69) is 200 Å². The molecule has 0 bridgehead atoms. The number of anilines is 2. The quantitative estimate of drug-likeness (QED) is 0.197. The van der Waals surface area contributed by atoms with Gasteiger partial charge in [0, 0.05) is 40.3 Å². The molecule has 12 rings (SSSR count). The van der Waals surface area contributed by atoms with Crippen molar-refractivity contribution in [1.29, 1.82) is 0 Å². The molecule has 58 heavy (non-hydrogen) atoms. The first-order chi connectivity index (χ1) is 28.5. The molecular weight excluding hydrogens is 701 g/mol. The number of hydrogen-bond donors (Lipinski definition) is 1. The monoisotopic (exact) mass is 746 g/mol. The van der Waals surface area contributed by atoms with Crippen LogP contribution in [-0.4, -0.2) is 0 Å². The number of rotatable bonds is 4. The van der Waals surface area contributed by atoms with Crippen LogP contribution in [0.3, 0.4) is 0 Å². The predicted octanol–water partition coefficient (Wildman–Crippen LogP) is 13.6. The molecule has 4 atom stereocenters. The fourth-order valence-corrected chi connectivity index (χ4v) is 11.3. The molecular formula is C56H46N2. The summed E-state index contributed by atoms with van der Waals surface area (Å²) in [6.45, 7) is 4.82. The summed E-state index contributed by atoms with van der Waals surface area (Å²) in [5.41, 5.74) is 23.3. The second-order valence-corrected chi connectivity index (χ2v) is 17.5. The molecule has 4 unspecified atom stereocenters. The van der Waals surface area contributed by atoms with Crippen LogP contribution in [0.5, 0.6) is 0 Å². The Bertz CT molecular complexity index is 2820. The Hall–Kier alpha value is -6.38.